The lowest BCUT2D eigenvalue weighted by Crippen LogP contribution is -2.49. The minimum absolute atomic E-state index is 0.0379. The lowest BCUT2D eigenvalue weighted by Gasteiger charge is -2.13. The van der Waals surface area contributed by atoms with Crippen LogP contribution in [0.15, 0.2) is 46.9 Å². The monoisotopic (exact) mass is 521 g/mol. The Kier molecular flexibility index (Phi) is 10.4. The molecule has 0 aliphatic carbocycles. The molecule has 0 aliphatic heterocycles. The highest BCUT2D eigenvalue weighted by Crippen LogP contribution is 2.26. The van der Waals surface area contributed by atoms with Crippen LogP contribution in [-0.2, 0) is 11.2 Å². The Hall–Kier alpha value is -2.65. The predicted molar refractivity (Wildman–Crippen MR) is 132 cm³/mol. The molecule has 0 unspecified atom stereocenters. The summed E-state index contributed by atoms with van der Waals surface area (Å²) < 4.78 is 11.8. The highest BCUT2D eigenvalue weighted by molar-refractivity contribution is 9.10. The zero-order valence-corrected chi connectivity index (χ0v) is 20.8. The minimum atomic E-state index is -0.438. The third kappa shape index (κ3) is 8.84. The molecule has 32 heavy (non-hydrogen) atoms. The van der Waals surface area contributed by atoms with E-state index in [0.717, 1.165) is 12.8 Å². The molecule has 0 saturated carbocycles. The summed E-state index contributed by atoms with van der Waals surface area (Å²) in [5, 5.41) is 2.47. The minimum Gasteiger partial charge on any atom is -0.492 e. The van der Waals surface area contributed by atoms with Gasteiger partial charge in [0.2, 0.25) is 0 Å². The summed E-state index contributed by atoms with van der Waals surface area (Å²) in [4.78, 5) is 24.3. The average molecular weight is 522 g/mol. The fourth-order valence-electron chi connectivity index (χ4n) is 2.50. The normalized spacial score (nSPS) is 10.4. The van der Waals surface area contributed by atoms with Gasteiger partial charge in [0.05, 0.1) is 11.1 Å². The number of benzene rings is 2. The van der Waals surface area contributed by atoms with E-state index in [9.17, 15) is 9.59 Å². The van der Waals surface area contributed by atoms with Gasteiger partial charge in [0.1, 0.15) is 11.5 Å². The molecule has 0 saturated heterocycles. The molecular weight excluding hydrogens is 494 g/mol. The Balaban J connectivity index is 1.75. The zero-order chi connectivity index (χ0) is 23.5. The van der Waals surface area contributed by atoms with Gasteiger partial charge in [-0.3, -0.25) is 25.8 Å². The quantitative estimate of drug-likeness (QED) is 0.339. The highest BCUT2D eigenvalue weighted by atomic mass is 79.9. The van der Waals surface area contributed by atoms with Crippen LogP contribution < -0.4 is 25.6 Å². The second-order valence-electron chi connectivity index (χ2n) is 7.42. The van der Waals surface area contributed by atoms with Crippen LogP contribution in [0.25, 0.3) is 0 Å². The summed E-state index contributed by atoms with van der Waals surface area (Å²) in [5.74, 6) is 0.951. The van der Waals surface area contributed by atoms with Crippen molar-refractivity contribution in [1.29, 1.82) is 0 Å². The van der Waals surface area contributed by atoms with E-state index < -0.39 is 11.8 Å². The molecule has 0 heterocycles. The number of halogens is 1. The second kappa shape index (κ2) is 13.0. The van der Waals surface area contributed by atoms with E-state index in [4.69, 9.17) is 21.7 Å². The summed E-state index contributed by atoms with van der Waals surface area (Å²) in [6.45, 7) is 6.73. The molecule has 2 rings (SSSR count). The topological polar surface area (TPSA) is 88.7 Å². The van der Waals surface area contributed by atoms with Crippen molar-refractivity contribution in [2.75, 3.05) is 13.2 Å². The van der Waals surface area contributed by atoms with Crippen molar-refractivity contribution in [3.8, 4) is 11.5 Å². The summed E-state index contributed by atoms with van der Waals surface area (Å²) in [6, 6.07) is 12.5. The first-order valence-corrected chi connectivity index (χ1v) is 11.5. The van der Waals surface area contributed by atoms with Gasteiger partial charge < -0.3 is 9.47 Å². The number of ether oxygens (including phenoxy) is 2. The molecule has 9 heteroatoms. The first-order chi connectivity index (χ1) is 15.3. The molecule has 0 radical (unpaired) electrons. The van der Waals surface area contributed by atoms with E-state index in [1.165, 1.54) is 5.56 Å². The molecule has 7 nitrogen and oxygen atoms in total. The number of hydrogen-bond acceptors (Lipinski definition) is 5. The maximum atomic E-state index is 12.4. The number of hydrazine groups is 1. The number of rotatable bonds is 9. The zero-order valence-electron chi connectivity index (χ0n) is 18.4. The predicted octanol–water partition coefficient (Wildman–Crippen LogP) is 4.15. The fourth-order valence-corrected chi connectivity index (χ4v) is 3.14. The molecule has 0 fully saturated rings. The number of amides is 2. The molecule has 0 aliphatic rings. The van der Waals surface area contributed by atoms with Crippen molar-refractivity contribution in [2.24, 2.45) is 5.92 Å². The standard InChI is InChI=1S/C23H28BrN3O4S/c1-4-16-5-8-18(9-6-16)31-14-21(28)26-27-23(32)25-22(29)17-7-10-20(19(24)13-17)30-12-11-15(2)3/h5-10,13,15H,4,11-12,14H2,1-3H3,(H,26,28)(H2,25,27,29,32). The number of aryl methyl sites for hydroxylation is 1. The fraction of sp³-hybridized carbons (Fsp3) is 0.348. The molecule has 2 aromatic rings. The Labute approximate surface area is 202 Å². The van der Waals surface area contributed by atoms with Gasteiger partial charge in [-0.25, -0.2) is 0 Å². The Morgan fingerprint density at radius 2 is 1.78 bits per heavy atom. The number of hydrogen-bond donors (Lipinski definition) is 3. The van der Waals surface area contributed by atoms with Crippen molar-refractivity contribution in [3.63, 3.8) is 0 Å². The lowest BCUT2D eigenvalue weighted by molar-refractivity contribution is -0.123. The van der Waals surface area contributed by atoms with Crippen LogP contribution in [0.2, 0.25) is 0 Å². The SMILES string of the molecule is CCc1ccc(OCC(=O)NNC(=S)NC(=O)c2ccc(OCCC(C)C)c(Br)c2)cc1. The van der Waals surface area contributed by atoms with Gasteiger partial charge >= 0.3 is 0 Å². The van der Waals surface area contributed by atoms with E-state index in [-0.39, 0.29) is 11.7 Å². The van der Waals surface area contributed by atoms with Gasteiger partial charge in [-0.2, -0.15) is 0 Å². The third-order valence-electron chi connectivity index (χ3n) is 4.39. The van der Waals surface area contributed by atoms with Crippen molar-refractivity contribution < 1.29 is 19.1 Å². The van der Waals surface area contributed by atoms with Crippen LogP contribution in [0.3, 0.4) is 0 Å². The largest absolute Gasteiger partial charge is 0.492 e. The lowest BCUT2D eigenvalue weighted by atomic mass is 10.1. The first kappa shape index (κ1) is 25.6. The summed E-state index contributed by atoms with van der Waals surface area (Å²) in [6.07, 6.45) is 1.87. The van der Waals surface area contributed by atoms with Crippen molar-refractivity contribution >= 4 is 45.1 Å². The first-order valence-electron chi connectivity index (χ1n) is 10.3. The molecular formula is C23H28BrN3O4S. The van der Waals surface area contributed by atoms with Gasteiger partial charge in [0.25, 0.3) is 11.8 Å². The molecule has 172 valence electrons. The Morgan fingerprint density at radius 3 is 2.41 bits per heavy atom. The maximum Gasteiger partial charge on any atom is 0.276 e. The maximum absolute atomic E-state index is 12.4. The van der Waals surface area contributed by atoms with E-state index in [1.807, 2.05) is 24.3 Å². The Morgan fingerprint density at radius 1 is 1.06 bits per heavy atom. The van der Waals surface area contributed by atoms with E-state index in [0.29, 0.717) is 34.1 Å². The summed E-state index contributed by atoms with van der Waals surface area (Å²) in [5.41, 5.74) is 6.45. The number of thiocarbonyl (C=S) groups is 1. The second-order valence-corrected chi connectivity index (χ2v) is 8.68. The number of carbonyl (C=O) groups is 2. The van der Waals surface area contributed by atoms with Crippen LogP contribution in [0.5, 0.6) is 11.5 Å². The molecule has 0 bridgehead atoms. The van der Waals surface area contributed by atoms with E-state index in [2.05, 4.69) is 52.9 Å². The molecule has 0 aromatic heterocycles. The molecule has 3 N–H and O–H groups in total. The van der Waals surface area contributed by atoms with Gasteiger partial charge in [-0.1, -0.05) is 32.9 Å². The van der Waals surface area contributed by atoms with Gasteiger partial charge in [-0.05, 0) is 82.8 Å². The third-order valence-corrected chi connectivity index (χ3v) is 5.21. The van der Waals surface area contributed by atoms with Crippen molar-refractivity contribution in [2.45, 2.75) is 33.6 Å². The molecule has 2 aromatic carbocycles. The molecule has 0 spiro atoms. The molecule has 0 atom stereocenters. The Bertz CT molecular complexity index is 935. The van der Waals surface area contributed by atoms with Gasteiger partial charge in [-0.15, -0.1) is 0 Å². The van der Waals surface area contributed by atoms with Crippen LogP contribution in [-0.4, -0.2) is 30.1 Å². The van der Waals surface area contributed by atoms with Crippen molar-refractivity contribution in [1.82, 2.24) is 16.2 Å². The molecule has 2 amide bonds. The van der Waals surface area contributed by atoms with E-state index >= 15 is 0 Å². The van der Waals surface area contributed by atoms with E-state index in [1.54, 1.807) is 18.2 Å². The van der Waals surface area contributed by atoms with Crippen LogP contribution >= 0.6 is 28.1 Å². The van der Waals surface area contributed by atoms with Crippen molar-refractivity contribution in [3.05, 3.63) is 58.1 Å². The summed E-state index contributed by atoms with van der Waals surface area (Å²) in [7, 11) is 0. The van der Waals surface area contributed by atoms with Crippen LogP contribution in [0.1, 0.15) is 43.1 Å². The average Bonchev–Trinajstić information content (AvgIpc) is 2.77. The highest BCUT2D eigenvalue weighted by Gasteiger charge is 2.12. The van der Waals surface area contributed by atoms with Gasteiger partial charge in [0.15, 0.2) is 11.7 Å². The number of nitrogens with one attached hydrogen (secondary N) is 3. The smallest absolute Gasteiger partial charge is 0.276 e. The summed E-state index contributed by atoms with van der Waals surface area (Å²) >= 11 is 8.48. The van der Waals surface area contributed by atoms with Crippen LogP contribution in [0.4, 0.5) is 0 Å². The number of carbonyl (C=O) groups excluding carboxylic acids is 2. The van der Waals surface area contributed by atoms with Gasteiger partial charge in [0, 0.05) is 5.56 Å². The van der Waals surface area contributed by atoms with Crippen LogP contribution in [0, 0.1) is 5.92 Å².